The molecule has 1 aliphatic rings. The van der Waals surface area contributed by atoms with E-state index in [-0.39, 0.29) is 12.1 Å². The zero-order valence-corrected chi connectivity index (χ0v) is 15.6. The molecule has 1 N–H and O–H groups in total. The van der Waals surface area contributed by atoms with E-state index in [2.05, 4.69) is 27.4 Å². The maximum Gasteiger partial charge on any atom is 0.230 e. The van der Waals surface area contributed by atoms with Crippen molar-refractivity contribution < 1.29 is 9.53 Å². The zero-order valence-electron chi connectivity index (χ0n) is 15.6. The van der Waals surface area contributed by atoms with Gasteiger partial charge in [-0.2, -0.15) is 0 Å². The first-order chi connectivity index (χ1) is 13.2. The number of carbonyl (C=O) groups excluding carboxylic acids is 1. The summed E-state index contributed by atoms with van der Waals surface area (Å²) in [6.07, 6.45) is 5.50. The van der Waals surface area contributed by atoms with Crippen molar-refractivity contribution >= 4 is 22.5 Å². The summed E-state index contributed by atoms with van der Waals surface area (Å²) in [4.78, 5) is 23.0. The van der Waals surface area contributed by atoms with E-state index in [1.165, 1.54) is 0 Å². The Morgan fingerprint density at radius 1 is 1.33 bits per heavy atom. The summed E-state index contributed by atoms with van der Waals surface area (Å²) in [5, 5.41) is 5.33. The Bertz CT molecular complexity index is 962. The number of carbonyl (C=O) groups is 1. The number of benzene rings is 1. The van der Waals surface area contributed by atoms with E-state index in [4.69, 9.17) is 4.74 Å². The Morgan fingerprint density at radius 3 is 2.93 bits per heavy atom. The molecule has 0 radical (unpaired) electrons. The predicted octanol–water partition coefficient (Wildman–Crippen LogP) is 2.32. The Balaban J connectivity index is 1.75. The zero-order chi connectivity index (χ0) is 18.8. The van der Waals surface area contributed by atoms with E-state index >= 15 is 0 Å². The number of anilines is 1. The Morgan fingerprint density at radius 2 is 2.22 bits per heavy atom. The van der Waals surface area contributed by atoms with Crippen LogP contribution in [-0.4, -0.2) is 46.4 Å². The van der Waals surface area contributed by atoms with Gasteiger partial charge in [-0.1, -0.05) is 19.1 Å². The van der Waals surface area contributed by atoms with Crippen molar-refractivity contribution in [2.45, 2.75) is 19.6 Å². The number of imidazole rings is 1. The fourth-order valence-corrected chi connectivity index (χ4v) is 3.38. The summed E-state index contributed by atoms with van der Waals surface area (Å²) < 4.78 is 7.80. The van der Waals surface area contributed by atoms with Crippen LogP contribution in [0.2, 0.25) is 0 Å². The number of fused-ring (bicyclic) bond motifs is 1. The fourth-order valence-electron chi connectivity index (χ4n) is 3.38. The molecule has 0 bridgehead atoms. The van der Waals surface area contributed by atoms with Crippen LogP contribution in [0.5, 0.6) is 0 Å². The first-order valence-corrected chi connectivity index (χ1v) is 9.18. The smallest absolute Gasteiger partial charge is 0.230 e. The van der Waals surface area contributed by atoms with Gasteiger partial charge in [-0.25, -0.2) is 9.97 Å². The van der Waals surface area contributed by atoms with Gasteiger partial charge in [0.25, 0.3) is 0 Å². The number of aryl methyl sites for hydroxylation is 1. The largest absolute Gasteiger partial charge is 0.355 e. The van der Waals surface area contributed by atoms with Gasteiger partial charge in [0.1, 0.15) is 5.82 Å². The van der Waals surface area contributed by atoms with Crippen molar-refractivity contribution in [1.29, 1.82) is 0 Å². The highest BCUT2D eigenvalue weighted by atomic mass is 16.5. The average molecular weight is 365 g/mol. The highest BCUT2D eigenvalue weighted by Gasteiger charge is 2.27. The quantitative estimate of drug-likeness (QED) is 0.768. The van der Waals surface area contributed by atoms with E-state index in [0.29, 0.717) is 25.4 Å². The van der Waals surface area contributed by atoms with E-state index < -0.39 is 0 Å². The minimum Gasteiger partial charge on any atom is -0.355 e. The molecule has 1 aromatic carbocycles. The van der Waals surface area contributed by atoms with Crippen LogP contribution < -0.4 is 10.2 Å². The molecule has 7 heteroatoms. The number of hydrogen-bond donors (Lipinski definition) is 1. The van der Waals surface area contributed by atoms with E-state index in [0.717, 1.165) is 28.6 Å². The van der Waals surface area contributed by atoms with Crippen LogP contribution >= 0.6 is 0 Å². The lowest BCUT2D eigenvalue weighted by atomic mass is 10.1. The Hall–Kier alpha value is -2.77. The van der Waals surface area contributed by atoms with Crippen molar-refractivity contribution in [1.82, 2.24) is 19.9 Å². The van der Waals surface area contributed by atoms with Crippen LogP contribution in [0.3, 0.4) is 0 Å². The SMILES string of the molecule is CCC(=O)N(c1cc2cc(-c3cncn3C)ccc2cn1)C1CNCCO1. The molecule has 1 fully saturated rings. The standard InChI is InChI=1S/C20H23N5O2/c1-3-19(26)25(20-12-21-6-7-27-20)18-9-16-8-14(4-5-15(16)10-23-18)17-11-22-13-24(17)2/h4-5,8-11,13,20-21H,3,6-7,12H2,1-2H3. The molecule has 0 aliphatic carbocycles. The second kappa shape index (κ2) is 7.46. The summed E-state index contributed by atoms with van der Waals surface area (Å²) in [5.74, 6) is 0.614. The normalized spacial score (nSPS) is 17.2. The molecule has 3 aromatic rings. The number of morpholine rings is 1. The molecule has 0 saturated carbocycles. The van der Waals surface area contributed by atoms with Gasteiger partial charge in [0.15, 0.2) is 6.23 Å². The number of pyridine rings is 1. The summed E-state index contributed by atoms with van der Waals surface area (Å²) in [6.45, 7) is 3.83. The number of ether oxygens (including phenoxy) is 1. The highest BCUT2D eigenvalue weighted by Crippen LogP contribution is 2.27. The molecular weight excluding hydrogens is 342 g/mol. The maximum atomic E-state index is 12.6. The number of aromatic nitrogens is 3. The van der Waals surface area contributed by atoms with Crippen LogP contribution in [0.4, 0.5) is 5.82 Å². The molecule has 1 unspecified atom stereocenters. The fraction of sp³-hybridized carbons (Fsp3) is 0.350. The maximum absolute atomic E-state index is 12.6. The average Bonchev–Trinajstić information content (AvgIpc) is 3.14. The molecule has 0 spiro atoms. The van der Waals surface area contributed by atoms with Gasteiger partial charge in [0.2, 0.25) is 5.91 Å². The van der Waals surface area contributed by atoms with Crippen molar-refractivity contribution in [3.63, 3.8) is 0 Å². The van der Waals surface area contributed by atoms with Crippen LogP contribution in [0.15, 0.2) is 43.0 Å². The number of nitrogens with zero attached hydrogens (tertiary/aromatic N) is 4. The highest BCUT2D eigenvalue weighted by molar-refractivity contribution is 5.95. The lowest BCUT2D eigenvalue weighted by Gasteiger charge is -2.33. The second-order valence-electron chi connectivity index (χ2n) is 6.64. The van der Waals surface area contributed by atoms with Gasteiger partial charge in [-0.15, -0.1) is 0 Å². The van der Waals surface area contributed by atoms with Crippen molar-refractivity contribution in [2.24, 2.45) is 7.05 Å². The third-order valence-electron chi connectivity index (χ3n) is 4.83. The molecule has 2 aromatic heterocycles. The third kappa shape index (κ3) is 3.43. The second-order valence-corrected chi connectivity index (χ2v) is 6.64. The monoisotopic (exact) mass is 365 g/mol. The number of nitrogens with one attached hydrogen (secondary N) is 1. The molecule has 1 saturated heterocycles. The molecule has 140 valence electrons. The first-order valence-electron chi connectivity index (χ1n) is 9.18. The van der Waals surface area contributed by atoms with Crippen molar-refractivity contribution in [3.05, 3.63) is 43.0 Å². The third-order valence-corrected chi connectivity index (χ3v) is 4.83. The summed E-state index contributed by atoms with van der Waals surface area (Å²) in [5.41, 5.74) is 2.11. The minimum atomic E-state index is -0.337. The van der Waals surface area contributed by atoms with Crippen LogP contribution in [0, 0.1) is 0 Å². The molecule has 4 rings (SSSR count). The molecule has 1 amide bonds. The van der Waals surface area contributed by atoms with E-state index in [1.807, 2.05) is 43.1 Å². The topological polar surface area (TPSA) is 72.3 Å². The van der Waals surface area contributed by atoms with Gasteiger partial charge in [0, 0.05) is 43.7 Å². The van der Waals surface area contributed by atoms with Gasteiger partial charge >= 0.3 is 0 Å². The van der Waals surface area contributed by atoms with Gasteiger partial charge < -0.3 is 14.6 Å². The van der Waals surface area contributed by atoms with Gasteiger partial charge in [-0.3, -0.25) is 9.69 Å². The van der Waals surface area contributed by atoms with Gasteiger partial charge in [-0.05, 0) is 17.5 Å². The molecule has 7 nitrogen and oxygen atoms in total. The van der Waals surface area contributed by atoms with E-state index in [1.54, 1.807) is 11.2 Å². The first kappa shape index (κ1) is 17.6. The van der Waals surface area contributed by atoms with Crippen LogP contribution in [0.25, 0.3) is 22.0 Å². The van der Waals surface area contributed by atoms with Crippen LogP contribution in [-0.2, 0) is 16.6 Å². The molecular formula is C20H23N5O2. The Kier molecular flexibility index (Phi) is 4.87. The molecule has 1 aliphatic heterocycles. The molecule has 27 heavy (non-hydrogen) atoms. The number of rotatable bonds is 4. The molecule has 1 atom stereocenters. The minimum absolute atomic E-state index is 0.00154. The summed E-state index contributed by atoms with van der Waals surface area (Å²) in [7, 11) is 1.97. The lowest BCUT2D eigenvalue weighted by Crippen LogP contribution is -2.52. The van der Waals surface area contributed by atoms with Crippen LogP contribution in [0.1, 0.15) is 13.3 Å². The van der Waals surface area contributed by atoms with Gasteiger partial charge in [0.05, 0.1) is 24.8 Å². The lowest BCUT2D eigenvalue weighted by molar-refractivity contribution is -0.121. The predicted molar refractivity (Wildman–Crippen MR) is 104 cm³/mol. The Labute approximate surface area is 158 Å². The van der Waals surface area contributed by atoms with Crippen molar-refractivity contribution in [2.75, 3.05) is 24.6 Å². The van der Waals surface area contributed by atoms with E-state index in [9.17, 15) is 4.79 Å². The number of amides is 1. The summed E-state index contributed by atoms with van der Waals surface area (Å²) >= 11 is 0. The molecule has 3 heterocycles. The summed E-state index contributed by atoms with van der Waals surface area (Å²) in [6, 6.07) is 8.16. The van der Waals surface area contributed by atoms with Crippen molar-refractivity contribution in [3.8, 4) is 11.3 Å². The number of hydrogen-bond acceptors (Lipinski definition) is 5.